The van der Waals surface area contributed by atoms with E-state index in [0.717, 1.165) is 0 Å². The van der Waals surface area contributed by atoms with Gasteiger partial charge in [-0.2, -0.15) is 0 Å². The van der Waals surface area contributed by atoms with Crippen molar-refractivity contribution in [1.29, 1.82) is 0 Å². The van der Waals surface area contributed by atoms with Crippen molar-refractivity contribution in [3.8, 4) is 0 Å². The van der Waals surface area contributed by atoms with E-state index in [0.29, 0.717) is 26.1 Å². The molecule has 3 nitrogen and oxygen atoms in total. The van der Waals surface area contributed by atoms with Crippen molar-refractivity contribution in [3.63, 3.8) is 0 Å². The summed E-state index contributed by atoms with van der Waals surface area (Å²) in [5.74, 6) is 0.0235. The molecule has 0 radical (unpaired) electrons. The molecule has 2 rings (SSSR count). The number of alkyl halides is 1. The summed E-state index contributed by atoms with van der Waals surface area (Å²) in [6, 6.07) is 0.252. The maximum Gasteiger partial charge on any atom is 0.234 e. The highest BCUT2D eigenvalue weighted by Gasteiger charge is 2.35. The predicted octanol–water partition coefficient (Wildman–Crippen LogP) is -0.471. The molecule has 0 spiro atoms. The van der Waals surface area contributed by atoms with Crippen molar-refractivity contribution in [1.82, 2.24) is 10.2 Å². The van der Waals surface area contributed by atoms with Crippen LogP contribution in [-0.4, -0.2) is 42.7 Å². The van der Waals surface area contributed by atoms with E-state index >= 15 is 0 Å². The van der Waals surface area contributed by atoms with E-state index in [9.17, 15) is 9.18 Å². The van der Waals surface area contributed by atoms with Gasteiger partial charge in [0.2, 0.25) is 5.91 Å². The third-order valence-corrected chi connectivity index (χ3v) is 2.36. The molecular formula is C7H11FN2O. The Kier molecular flexibility index (Phi) is 1.56. The van der Waals surface area contributed by atoms with Crippen LogP contribution in [0.4, 0.5) is 4.39 Å². The molecule has 2 atom stereocenters. The van der Waals surface area contributed by atoms with Crippen molar-refractivity contribution in [2.75, 3.05) is 19.6 Å². The zero-order valence-electron chi connectivity index (χ0n) is 6.22. The highest BCUT2D eigenvalue weighted by molar-refractivity contribution is 5.79. The van der Waals surface area contributed by atoms with Crippen LogP contribution in [0.2, 0.25) is 0 Å². The topological polar surface area (TPSA) is 32.3 Å². The molecule has 0 aromatic heterocycles. The number of amides is 1. The Morgan fingerprint density at radius 2 is 2.45 bits per heavy atom. The zero-order valence-corrected chi connectivity index (χ0v) is 6.22. The maximum absolute atomic E-state index is 12.8. The summed E-state index contributed by atoms with van der Waals surface area (Å²) < 4.78 is 12.8. The van der Waals surface area contributed by atoms with Gasteiger partial charge in [-0.25, -0.2) is 4.39 Å². The second kappa shape index (κ2) is 2.44. The van der Waals surface area contributed by atoms with Crippen LogP contribution < -0.4 is 5.32 Å². The zero-order chi connectivity index (χ0) is 7.84. The van der Waals surface area contributed by atoms with Crippen molar-refractivity contribution in [3.05, 3.63) is 0 Å². The molecule has 62 valence electrons. The monoisotopic (exact) mass is 158 g/mol. The Morgan fingerprint density at radius 1 is 1.64 bits per heavy atom. The van der Waals surface area contributed by atoms with Crippen molar-refractivity contribution in [2.24, 2.45) is 0 Å². The summed E-state index contributed by atoms with van der Waals surface area (Å²) in [4.78, 5) is 12.8. The minimum absolute atomic E-state index is 0.0235. The first-order chi connectivity index (χ1) is 5.25. The van der Waals surface area contributed by atoms with Crippen LogP contribution in [0.1, 0.15) is 6.42 Å². The van der Waals surface area contributed by atoms with E-state index in [1.54, 1.807) is 0 Å². The SMILES string of the molecule is O=C1CN2C[C@H](F)C[C@@H]2CN1. The largest absolute Gasteiger partial charge is 0.353 e. The third kappa shape index (κ3) is 1.22. The van der Waals surface area contributed by atoms with Gasteiger partial charge in [-0.05, 0) is 6.42 Å². The number of fused-ring (bicyclic) bond motifs is 1. The number of carbonyl (C=O) groups is 1. The van der Waals surface area contributed by atoms with Crippen LogP contribution in [0.15, 0.2) is 0 Å². The van der Waals surface area contributed by atoms with E-state index in [1.807, 2.05) is 4.90 Å². The minimum atomic E-state index is -0.729. The van der Waals surface area contributed by atoms with E-state index in [1.165, 1.54) is 0 Å². The molecule has 0 unspecified atom stereocenters. The fraction of sp³-hybridized carbons (Fsp3) is 0.857. The summed E-state index contributed by atoms with van der Waals surface area (Å²) in [5.41, 5.74) is 0. The molecule has 2 fully saturated rings. The molecule has 0 aliphatic carbocycles. The van der Waals surface area contributed by atoms with Gasteiger partial charge in [0, 0.05) is 19.1 Å². The number of hydrogen-bond donors (Lipinski definition) is 1. The summed E-state index contributed by atoms with van der Waals surface area (Å²) in [6.07, 6.45) is -0.145. The minimum Gasteiger partial charge on any atom is -0.353 e. The van der Waals surface area contributed by atoms with Gasteiger partial charge in [0.1, 0.15) is 6.17 Å². The number of hydrogen-bond acceptors (Lipinski definition) is 2. The molecule has 2 aliphatic heterocycles. The van der Waals surface area contributed by atoms with Gasteiger partial charge in [-0.15, -0.1) is 0 Å². The fourth-order valence-electron chi connectivity index (χ4n) is 1.80. The number of carbonyl (C=O) groups excluding carboxylic acids is 1. The normalized spacial score (nSPS) is 38.5. The van der Waals surface area contributed by atoms with Gasteiger partial charge in [0.25, 0.3) is 0 Å². The molecule has 0 aromatic rings. The molecular weight excluding hydrogens is 147 g/mol. The second-order valence-electron chi connectivity index (χ2n) is 3.22. The first kappa shape index (κ1) is 7.03. The van der Waals surface area contributed by atoms with Crippen LogP contribution in [-0.2, 0) is 4.79 Å². The number of nitrogens with zero attached hydrogens (tertiary/aromatic N) is 1. The molecule has 0 aromatic carbocycles. The smallest absolute Gasteiger partial charge is 0.234 e. The first-order valence-corrected chi connectivity index (χ1v) is 3.90. The molecule has 2 saturated heterocycles. The molecule has 11 heavy (non-hydrogen) atoms. The molecule has 0 bridgehead atoms. The standard InChI is InChI=1S/C7H11FN2O/c8-5-1-6-2-9-7(11)4-10(6)3-5/h5-6H,1-4H2,(H,9,11)/t5-,6-/m1/s1. The predicted molar refractivity (Wildman–Crippen MR) is 37.9 cm³/mol. The number of piperazine rings is 1. The second-order valence-corrected chi connectivity index (χ2v) is 3.22. The highest BCUT2D eigenvalue weighted by atomic mass is 19.1. The lowest BCUT2D eigenvalue weighted by molar-refractivity contribution is -0.124. The van der Waals surface area contributed by atoms with Crippen LogP contribution in [0.25, 0.3) is 0 Å². The summed E-state index contributed by atoms with van der Waals surface area (Å²) in [5, 5.41) is 2.73. The Bertz CT molecular complexity index is 185. The van der Waals surface area contributed by atoms with Crippen molar-refractivity contribution in [2.45, 2.75) is 18.6 Å². The van der Waals surface area contributed by atoms with Crippen LogP contribution in [0, 0.1) is 0 Å². The maximum atomic E-state index is 12.8. The van der Waals surface area contributed by atoms with E-state index in [2.05, 4.69) is 5.32 Å². The van der Waals surface area contributed by atoms with E-state index in [4.69, 9.17) is 0 Å². The van der Waals surface area contributed by atoms with Crippen LogP contribution in [0.5, 0.6) is 0 Å². The van der Waals surface area contributed by atoms with Gasteiger partial charge in [-0.1, -0.05) is 0 Å². The number of nitrogens with one attached hydrogen (secondary N) is 1. The van der Waals surface area contributed by atoms with Crippen molar-refractivity contribution < 1.29 is 9.18 Å². The summed E-state index contributed by atoms with van der Waals surface area (Å²) in [7, 11) is 0. The van der Waals surface area contributed by atoms with Gasteiger partial charge in [0.05, 0.1) is 6.54 Å². The van der Waals surface area contributed by atoms with Crippen molar-refractivity contribution >= 4 is 5.91 Å². The lowest BCUT2D eigenvalue weighted by Crippen LogP contribution is -2.51. The Morgan fingerprint density at radius 3 is 3.27 bits per heavy atom. The molecule has 2 heterocycles. The highest BCUT2D eigenvalue weighted by Crippen LogP contribution is 2.20. The Labute approximate surface area is 64.6 Å². The first-order valence-electron chi connectivity index (χ1n) is 3.90. The molecule has 0 saturated carbocycles. The number of rotatable bonds is 0. The average Bonchev–Trinajstić information content (AvgIpc) is 2.27. The molecule has 1 N–H and O–H groups in total. The lowest BCUT2D eigenvalue weighted by atomic mass is 10.2. The summed E-state index contributed by atoms with van der Waals surface area (Å²) >= 11 is 0. The Balaban J connectivity index is 2.02. The van der Waals surface area contributed by atoms with Crippen LogP contribution in [0.3, 0.4) is 0 Å². The van der Waals surface area contributed by atoms with E-state index in [-0.39, 0.29) is 11.9 Å². The van der Waals surface area contributed by atoms with Gasteiger partial charge < -0.3 is 5.32 Å². The number of halogens is 1. The molecule has 2 aliphatic rings. The van der Waals surface area contributed by atoms with Gasteiger partial charge >= 0.3 is 0 Å². The quantitative estimate of drug-likeness (QED) is 0.517. The third-order valence-electron chi connectivity index (χ3n) is 2.36. The average molecular weight is 158 g/mol. The molecule has 4 heteroatoms. The van der Waals surface area contributed by atoms with Crippen LogP contribution >= 0.6 is 0 Å². The van der Waals surface area contributed by atoms with Gasteiger partial charge in [-0.3, -0.25) is 9.69 Å². The summed E-state index contributed by atoms with van der Waals surface area (Å²) in [6.45, 7) is 1.45. The molecule has 1 amide bonds. The van der Waals surface area contributed by atoms with Gasteiger partial charge in [0.15, 0.2) is 0 Å². The Hall–Kier alpha value is -0.640. The fourth-order valence-corrected chi connectivity index (χ4v) is 1.80. The van der Waals surface area contributed by atoms with E-state index < -0.39 is 6.17 Å². The lowest BCUT2D eigenvalue weighted by Gasteiger charge is -2.28.